The van der Waals surface area contributed by atoms with E-state index in [0.717, 1.165) is 5.56 Å². The second-order valence-corrected chi connectivity index (χ2v) is 8.60. The standard InChI is InChI=1S/C22H22ClFN4O4S/c1-15-13-27(14-16-2-6-19(24)7-3-16)10-11-28(15)21(29)9-4-17-12-18(23)5-8-20(17)25-22(30)26-33(31)32/h2-9,12,15H,10-11,13-14H2,1H3,(H,25,30). The molecule has 1 unspecified atom stereocenters. The van der Waals surface area contributed by atoms with Crippen LogP contribution >= 0.6 is 11.6 Å². The number of carbonyl (C=O) groups excluding carboxylic acids is 2. The SMILES string of the molecule is CC1CN(Cc2ccc(F)cc2)CCN1C(=O)C=Cc1cc(Cl)ccc1NC(=O)N=S(=O)=O. The molecule has 2 aromatic carbocycles. The van der Waals surface area contributed by atoms with Crippen LogP contribution in [-0.4, -0.2) is 55.8 Å². The van der Waals surface area contributed by atoms with Crippen molar-refractivity contribution in [2.75, 3.05) is 25.0 Å². The first-order chi connectivity index (χ1) is 15.7. The lowest BCUT2D eigenvalue weighted by molar-refractivity contribution is -0.130. The molecule has 8 nitrogen and oxygen atoms in total. The number of hydrogen-bond acceptors (Lipinski definition) is 5. The molecule has 0 saturated carbocycles. The van der Waals surface area contributed by atoms with E-state index < -0.39 is 16.5 Å². The molecule has 1 heterocycles. The van der Waals surface area contributed by atoms with E-state index in [1.165, 1.54) is 36.4 Å². The topological polar surface area (TPSA) is 99.1 Å². The highest BCUT2D eigenvalue weighted by Crippen LogP contribution is 2.23. The number of hydrogen-bond donors (Lipinski definition) is 1. The van der Waals surface area contributed by atoms with Crippen LogP contribution in [0.1, 0.15) is 18.1 Å². The van der Waals surface area contributed by atoms with Crippen LogP contribution in [0.3, 0.4) is 0 Å². The quantitative estimate of drug-likeness (QED) is 0.640. The fraction of sp³-hybridized carbons (Fsp3) is 0.273. The van der Waals surface area contributed by atoms with E-state index in [1.807, 2.05) is 6.92 Å². The Balaban J connectivity index is 1.65. The van der Waals surface area contributed by atoms with E-state index in [2.05, 4.69) is 14.6 Å². The van der Waals surface area contributed by atoms with E-state index in [-0.39, 0.29) is 23.5 Å². The molecule has 1 fully saturated rings. The summed E-state index contributed by atoms with van der Waals surface area (Å²) in [7, 11) is -2.88. The lowest BCUT2D eigenvalue weighted by Gasteiger charge is -2.39. The number of urea groups is 1. The van der Waals surface area contributed by atoms with Crippen LogP contribution in [0.4, 0.5) is 14.9 Å². The van der Waals surface area contributed by atoms with Crippen LogP contribution in [0.25, 0.3) is 6.08 Å². The average Bonchev–Trinajstić information content (AvgIpc) is 2.75. The maximum absolute atomic E-state index is 13.1. The summed E-state index contributed by atoms with van der Waals surface area (Å²) in [6.45, 7) is 4.50. The van der Waals surface area contributed by atoms with Crippen molar-refractivity contribution >= 4 is 45.8 Å². The number of piperazine rings is 1. The zero-order valence-electron chi connectivity index (χ0n) is 17.7. The minimum Gasteiger partial charge on any atom is -0.334 e. The maximum atomic E-state index is 13.1. The minimum atomic E-state index is -2.88. The van der Waals surface area contributed by atoms with Gasteiger partial charge in [-0.3, -0.25) is 9.69 Å². The van der Waals surface area contributed by atoms with Gasteiger partial charge >= 0.3 is 16.5 Å². The van der Waals surface area contributed by atoms with Crippen molar-refractivity contribution in [3.05, 3.63) is 70.5 Å². The molecule has 2 aromatic rings. The first-order valence-electron chi connectivity index (χ1n) is 10.1. The van der Waals surface area contributed by atoms with Crippen LogP contribution in [-0.2, 0) is 21.8 Å². The van der Waals surface area contributed by atoms with Crippen molar-refractivity contribution < 1.29 is 22.4 Å². The Kier molecular flexibility index (Phi) is 8.32. The molecular formula is C22H22ClFN4O4S. The highest BCUT2D eigenvalue weighted by Gasteiger charge is 2.26. The van der Waals surface area contributed by atoms with Gasteiger partial charge in [-0.25, -0.2) is 9.18 Å². The van der Waals surface area contributed by atoms with Gasteiger partial charge in [0.25, 0.3) is 0 Å². The Morgan fingerprint density at radius 3 is 2.61 bits per heavy atom. The smallest absolute Gasteiger partial charge is 0.334 e. The van der Waals surface area contributed by atoms with Gasteiger partial charge < -0.3 is 10.2 Å². The van der Waals surface area contributed by atoms with Crippen LogP contribution in [0.2, 0.25) is 5.02 Å². The zero-order valence-corrected chi connectivity index (χ0v) is 19.3. The molecule has 33 heavy (non-hydrogen) atoms. The number of rotatable bonds is 5. The van der Waals surface area contributed by atoms with Gasteiger partial charge in [0.1, 0.15) is 5.82 Å². The Hall–Kier alpha value is -3.08. The number of halogens is 2. The molecule has 1 aliphatic heterocycles. The zero-order chi connectivity index (χ0) is 24.0. The lowest BCUT2D eigenvalue weighted by Crippen LogP contribution is -2.53. The van der Waals surface area contributed by atoms with Crippen LogP contribution in [0, 0.1) is 5.82 Å². The number of benzene rings is 2. The van der Waals surface area contributed by atoms with Crippen LogP contribution in [0.5, 0.6) is 0 Å². The third-order valence-corrected chi connectivity index (χ3v) is 5.68. The molecule has 0 bridgehead atoms. The Morgan fingerprint density at radius 1 is 1.21 bits per heavy atom. The Morgan fingerprint density at radius 2 is 1.94 bits per heavy atom. The predicted molar refractivity (Wildman–Crippen MR) is 124 cm³/mol. The summed E-state index contributed by atoms with van der Waals surface area (Å²) in [6.07, 6.45) is 2.89. The first-order valence-corrected chi connectivity index (χ1v) is 11.5. The van der Waals surface area contributed by atoms with Gasteiger partial charge in [0, 0.05) is 49.0 Å². The number of carbonyl (C=O) groups is 2. The van der Waals surface area contributed by atoms with Crippen molar-refractivity contribution in [3.63, 3.8) is 0 Å². The average molecular weight is 493 g/mol. The van der Waals surface area contributed by atoms with Gasteiger partial charge in [-0.1, -0.05) is 28.1 Å². The number of nitrogens with one attached hydrogen (secondary N) is 1. The number of nitrogens with zero attached hydrogens (tertiary/aromatic N) is 3. The van der Waals surface area contributed by atoms with Gasteiger partial charge in [0.15, 0.2) is 0 Å². The molecule has 0 aromatic heterocycles. The van der Waals surface area contributed by atoms with Gasteiger partial charge in [-0.15, -0.1) is 0 Å². The summed E-state index contributed by atoms with van der Waals surface area (Å²) >= 11 is 6.03. The van der Waals surface area contributed by atoms with Crippen molar-refractivity contribution in [1.82, 2.24) is 9.80 Å². The van der Waals surface area contributed by atoms with Crippen molar-refractivity contribution in [2.24, 2.45) is 4.36 Å². The normalized spacial score (nSPS) is 16.6. The fourth-order valence-corrected chi connectivity index (χ4v) is 3.96. The Bertz CT molecular complexity index is 1190. The summed E-state index contributed by atoms with van der Waals surface area (Å²) in [5, 5.41) is 2.73. The number of amides is 3. The summed E-state index contributed by atoms with van der Waals surface area (Å²) in [5.41, 5.74) is 1.70. The van der Waals surface area contributed by atoms with E-state index in [4.69, 9.17) is 11.6 Å². The molecule has 3 rings (SSSR count). The highest BCUT2D eigenvalue weighted by atomic mass is 35.5. The third-order valence-electron chi connectivity index (χ3n) is 5.13. The maximum Gasteiger partial charge on any atom is 0.360 e. The van der Waals surface area contributed by atoms with Gasteiger partial charge in [0.05, 0.1) is 0 Å². The van der Waals surface area contributed by atoms with Gasteiger partial charge in [0.2, 0.25) is 5.91 Å². The summed E-state index contributed by atoms with van der Waals surface area (Å²) < 4.78 is 37.1. The molecule has 1 atom stereocenters. The van der Waals surface area contributed by atoms with Gasteiger partial charge in [-0.2, -0.15) is 8.42 Å². The van der Waals surface area contributed by atoms with E-state index in [1.54, 1.807) is 23.1 Å². The van der Waals surface area contributed by atoms with E-state index >= 15 is 0 Å². The fourth-order valence-electron chi connectivity index (χ4n) is 3.60. The van der Waals surface area contributed by atoms with Crippen LogP contribution < -0.4 is 5.32 Å². The number of anilines is 1. The molecule has 0 aliphatic carbocycles. The second-order valence-electron chi connectivity index (χ2n) is 7.55. The molecule has 11 heteroatoms. The van der Waals surface area contributed by atoms with E-state index in [0.29, 0.717) is 36.8 Å². The molecular weight excluding hydrogens is 471 g/mol. The van der Waals surface area contributed by atoms with Crippen LogP contribution in [0.15, 0.2) is 52.9 Å². The van der Waals surface area contributed by atoms with Crippen molar-refractivity contribution in [2.45, 2.75) is 19.5 Å². The lowest BCUT2D eigenvalue weighted by atomic mass is 10.1. The monoisotopic (exact) mass is 492 g/mol. The Labute approximate surface area is 197 Å². The molecule has 1 saturated heterocycles. The highest BCUT2D eigenvalue weighted by molar-refractivity contribution is 7.62. The molecule has 1 N–H and O–H groups in total. The predicted octanol–water partition coefficient (Wildman–Crippen LogP) is 3.82. The van der Waals surface area contributed by atoms with E-state index in [9.17, 15) is 22.4 Å². The third kappa shape index (κ3) is 7.21. The molecule has 174 valence electrons. The summed E-state index contributed by atoms with van der Waals surface area (Å²) in [4.78, 5) is 28.4. The molecule has 3 amide bonds. The second kappa shape index (κ2) is 11.2. The molecule has 1 aliphatic rings. The van der Waals surface area contributed by atoms with Crippen molar-refractivity contribution in [3.8, 4) is 0 Å². The van der Waals surface area contributed by atoms with Gasteiger partial charge in [-0.05, 0) is 54.5 Å². The largest absolute Gasteiger partial charge is 0.360 e. The summed E-state index contributed by atoms with van der Waals surface area (Å²) in [5.74, 6) is -0.474. The molecule has 0 spiro atoms. The summed E-state index contributed by atoms with van der Waals surface area (Å²) in [6, 6.07) is 9.83. The molecule has 0 radical (unpaired) electrons. The van der Waals surface area contributed by atoms with Crippen molar-refractivity contribution in [1.29, 1.82) is 0 Å². The minimum absolute atomic E-state index is 0.0410. The first kappa shape index (κ1) is 24.6.